The van der Waals surface area contributed by atoms with Crippen molar-refractivity contribution in [2.24, 2.45) is 0 Å². The van der Waals surface area contributed by atoms with Crippen molar-refractivity contribution in [3.05, 3.63) is 76.6 Å². The Kier molecular flexibility index (Phi) is 3.08. The molecule has 0 fully saturated rings. The van der Waals surface area contributed by atoms with Crippen LogP contribution in [0.4, 0.5) is 0 Å². The number of nitrogens with zero attached hydrogens (tertiary/aromatic N) is 1. The van der Waals surface area contributed by atoms with E-state index in [2.05, 4.69) is 28.8 Å². The zero-order valence-electron chi connectivity index (χ0n) is 11.5. The fourth-order valence-electron chi connectivity index (χ4n) is 3.04. The maximum atomic E-state index is 11.9. The van der Waals surface area contributed by atoms with E-state index >= 15 is 0 Å². The highest BCUT2D eigenvalue weighted by Crippen LogP contribution is 2.40. The molecule has 3 aromatic rings. The molecule has 0 saturated heterocycles. The molecule has 1 unspecified atom stereocenters. The van der Waals surface area contributed by atoms with Gasteiger partial charge in [-0.15, -0.1) is 11.8 Å². The molecule has 1 aliphatic heterocycles. The van der Waals surface area contributed by atoms with Crippen LogP contribution in [0, 0.1) is 0 Å². The first-order valence-corrected chi connectivity index (χ1v) is 8.11. The summed E-state index contributed by atoms with van der Waals surface area (Å²) in [4.78, 5) is 13.3. The van der Waals surface area contributed by atoms with Gasteiger partial charge in [0.25, 0.3) is 0 Å². The molecule has 0 bridgehead atoms. The number of aromatic nitrogens is 1. The van der Waals surface area contributed by atoms with E-state index in [0.29, 0.717) is 5.92 Å². The Morgan fingerprint density at radius 2 is 1.86 bits per heavy atom. The smallest absolute Gasteiger partial charge is 0.189 e. The third-order valence-electron chi connectivity index (χ3n) is 4.10. The number of fused-ring (bicyclic) bond motifs is 2. The second-order valence-corrected chi connectivity index (χ2v) is 6.46. The number of pyridine rings is 1. The van der Waals surface area contributed by atoms with E-state index in [4.69, 9.17) is 0 Å². The Labute approximate surface area is 127 Å². The SMILES string of the molecule is O=c1ccn(CC2CSc3ccccc32)c2ccccc12. The lowest BCUT2D eigenvalue weighted by Crippen LogP contribution is -2.13. The second kappa shape index (κ2) is 5.08. The van der Waals surface area contributed by atoms with Crippen LogP contribution < -0.4 is 5.43 Å². The molecule has 0 spiro atoms. The molecule has 1 aliphatic rings. The molecule has 2 nitrogen and oxygen atoms in total. The molecule has 2 aromatic carbocycles. The van der Waals surface area contributed by atoms with Gasteiger partial charge in [0.2, 0.25) is 0 Å². The summed E-state index contributed by atoms with van der Waals surface area (Å²) in [6, 6.07) is 18.2. The van der Waals surface area contributed by atoms with Crippen LogP contribution >= 0.6 is 11.8 Å². The summed E-state index contributed by atoms with van der Waals surface area (Å²) >= 11 is 1.93. The third kappa shape index (κ3) is 2.18. The Hall–Kier alpha value is -2.00. The van der Waals surface area contributed by atoms with Crippen molar-refractivity contribution in [1.29, 1.82) is 0 Å². The van der Waals surface area contributed by atoms with E-state index in [1.807, 2.05) is 42.2 Å². The lowest BCUT2D eigenvalue weighted by molar-refractivity contribution is 0.619. The number of benzene rings is 2. The zero-order chi connectivity index (χ0) is 14.2. The van der Waals surface area contributed by atoms with E-state index in [1.54, 1.807) is 6.07 Å². The fourth-order valence-corrected chi connectivity index (χ4v) is 4.28. The number of hydrogen-bond donors (Lipinski definition) is 0. The van der Waals surface area contributed by atoms with Gasteiger partial charge in [-0.05, 0) is 23.8 Å². The Morgan fingerprint density at radius 3 is 2.81 bits per heavy atom. The number of hydrogen-bond acceptors (Lipinski definition) is 2. The molecule has 0 amide bonds. The summed E-state index contributed by atoms with van der Waals surface area (Å²) in [5.74, 6) is 1.62. The van der Waals surface area contributed by atoms with Gasteiger partial charge in [0.05, 0.1) is 5.52 Å². The van der Waals surface area contributed by atoms with Crippen molar-refractivity contribution in [2.45, 2.75) is 17.4 Å². The lowest BCUT2D eigenvalue weighted by Gasteiger charge is -2.16. The highest BCUT2D eigenvalue weighted by Gasteiger charge is 2.23. The number of thioether (sulfide) groups is 1. The molecule has 21 heavy (non-hydrogen) atoms. The van der Waals surface area contributed by atoms with Gasteiger partial charge in [0, 0.05) is 40.8 Å². The van der Waals surface area contributed by atoms with Gasteiger partial charge in [0.1, 0.15) is 0 Å². The van der Waals surface area contributed by atoms with Crippen LogP contribution in [-0.2, 0) is 6.54 Å². The van der Waals surface area contributed by atoms with Gasteiger partial charge in [-0.25, -0.2) is 0 Å². The Bertz CT molecular complexity index is 868. The standard InChI is InChI=1S/C18H15NOS/c20-17-9-10-19(16-7-3-1-6-15(16)17)11-13-12-21-18-8-4-2-5-14(13)18/h1-10,13H,11-12H2. The molecular weight excluding hydrogens is 278 g/mol. The minimum atomic E-state index is 0.100. The first kappa shape index (κ1) is 12.7. The van der Waals surface area contributed by atoms with E-state index < -0.39 is 0 Å². The summed E-state index contributed by atoms with van der Waals surface area (Å²) in [5.41, 5.74) is 2.56. The fraction of sp³-hybridized carbons (Fsp3) is 0.167. The van der Waals surface area contributed by atoms with Crippen LogP contribution in [0.3, 0.4) is 0 Å². The molecule has 0 aliphatic carbocycles. The van der Waals surface area contributed by atoms with Crippen LogP contribution in [0.15, 0.2) is 70.5 Å². The zero-order valence-corrected chi connectivity index (χ0v) is 12.3. The van der Waals surface area contributed by atoms with Crippen LogP contribution in [-0.4, -0.2) is 10.3 Å². The first-order chi connectivity index (χ1) is 10.3. The van der Waals surface area contributed by atoms with Crippen molar-refractivity contribution in [3.8, 4) is 0 Å². The van der Waals surface area contributed by atoms with Crippen molar-refractivity contribution in [1.82, 2.24) is 4.57 Å². The van der Waals surface area contributed by atoms with Crippen molar-refractivity contribution < 1.29 is 0 Å². The normalized spacial score (nSPS) is 17.0. The predicted molar refractivity (Wildman–Crippen MR) is 88.1 cm³/mol. The number of rotatable bonds is 2. The van der Waals surface area contributed by atoms with Gasteiger partial charge in [-0.3, -0.25) is 4.79 Å². The highest BCUT2D eigenvalue weighted by molar-refractivity contribution is 7.99. The van der Waals surface area contributed by atoms with E-state index in [9.17, 15) is 4.79 Å². The molecule has 104 valence electrons. The van der Waals surface area contributed by atoms with Gasteiger partial charge in [0.15, 0.2) is 5.43 Å². The van der Waals surface area contributed by atoms with E-state index in [0.717, 1.165) is 23.2 Å². The van der Waals surface area contributed by atoms with Crippen LogP contribution in [0.2, 0.25) is 0 Å². The van der Waals surface area contributed by atoms with Gasteiger partial charge < -0.3 is 4.57 Å². The van der Waals surface area contributed by atoms with Gasteiger partial charge in [-0.1, -0.05) is 30.3 Å². The average Bonchev–Trinajstić information content (AvgIpc) is 2.94. The van der Waals surface area contributed by atoms with Gasteiger partial charge in [-0.2, -0.15) is 0 Å². The molecule has 3 heteroatoms. The topological polar surface area (TPSA) is 22.0 Å². The average molecular weight is 293 g/mol. The Morgan fingerprint density at radius 1 is 1.05 bits per heavy atom. The molecule has 0 N–H and O–H groups in total. The molecule has 0 radical (unpaired) electrons. The van der Waals surface area contributed by atoms with Gasteiger partial charge >= 0.3 is 0 Å². The van der Waals surface area contributed by atoms with E-state index in [1.165, 1.54) is 10.5 Å². The summed E-state index contributed by atoms with van der Waals surface area (Å²) in [7, 11) is 0. The van der Waals surface area contributed by atoms with Crippen molar-refractivity contribution >= 4 is 22.7 Å². The molecule has 1 aromatic heterocycles. The van der Waals surface area contributed by atoms with Crippen molar-refractivity contribution in [2.75, 3.05) is 5.75 Å². The third-order valence-corrected chi connectivity index (χ3v) is 5.35. The number of para-hydroxylation sites is 1. The molecule has 1 atom stereocenters. The molecule has 0 saturated carbocycles. The molecule has 2 heterocycles. The van der Waals surface area contributed by atoms with Crippen molar-refractivity contribution in [3.63, 3.8) is 0 Å². The lowest BCUT2D eigenvalue weighted by atomic mass is 10.0. The van der Waals surface area contributed by atoms with Crippen LogP contribution in [0.5, 0.6) is 0 Å². The summed E-state index contributed by atoms with van der Waals surface area (Å²) < 4.78 is 2.21. The van der Waals surface area contributed by atoms with Crippen LogP contribution in [0.25, 0.3) is 10.9 Å². The molecule has 4 rings (SSSR count). The van der Waals surface area contributed by atoms with Crippen LogP contribution in [0.1, 0.15) is 11.5 Å². The maximum absolute atomic E-state index is 11.9. The van der Waals surface area contributed by atoms with E-state index in [-0.39, 0.29) is 5.43 Å². The predicted octanol–water partition coefficient (Wildman–Crippen LogP) is 3.89. The highest BCUT2D eigenvalue weighted by atomic mass is 32.2. The quantitative estimate of drug-likeness (QED) is 0.715. The summed E-state index contributed by atoms with van der Waals surface area (Å²) in [5, 5.41) is 0.805. The minimum absolute atomic E-state index is 0.100. The Balaban J connectivity index is 1.76. The summed E-state index contributed by atoms with van der Waals surface area (Å²) in [6.07, 6.45) is 1.93. The monoisotopic (exact) mass is 293 g/mol. The second-order valence-electron chi connectivity index (χ2n) is 5.40. The largest absolute Gasteiger partial charge is 0.347 e. The maximum Gasteiger partial charge on any atom is 0.189 e. The minimum Gasteiger partial charge on any atom is -0.347 e. The first-order valence-electron chi connectivity index (χ1n) is 7.13. The molecular formula is C18H15NOS. The summed E-state index contributed by atoms with van der Waals surface area (Å²) in [6.45, 7) is 0.921.